The highest BCUT2D eigenvalue weighted by atomic mass is 16.5. The van der Waals surface area contributed by atoms with Crippen LogP contribution in [0.1, 0.15) is 12.1 Å². The van der Waals surface area contributed by atoms with E-state index in [1.165, 1.54) is 6.08 Å². The molecule has 0 saturated carbocycles. The summed E-state index contributed by atoms with van der Waals surface area (Å²) >= 11 is 0. The van der Waals surface area contributed by atoms with E-state index in [1.807, 2.05) is 18.2 Å². The molecule has 1 aromatic rings. The fourth-order valence-electron chi connectivity index (χ4n) is 1.31. The van der Waals surface area contributed by atoms with Crippen molar-refractivity contribution in [3.63, 3.8) is 0 Å². The second-order valence-electron chi connectivity index (χ2n) is 3.69. The van der Waals surface area contributed by atoms with Crippen molar-refractivity contribution >= 4 is 12.0 Å². The van der Waals surface area contributed by atoms with Crippen LogP contribution >= 0.6 is 0 Å². The number of amides is 1. The minimum atomic E-state index is -0.0215. The average molecular weight is 234 g/mol. The second-order valence-corrected chi connectivity index (χ2v) is 3.69. The third-order valence-corrected chi connectivity index (χ3v) is 2.30. The van der Waals surface area contributed by atoms with Crippen molar-refractivity contribution in [2.75, 3.05) is 27.3 Å². The Kier molecular flexibility index (Phi) is 5.96. The Morgan fingerprint density at radius 1 is 1.53 bits per heavy atom. The normalized spacial score (nSPS) is 10.7. The number of carbonyl (C=O) groups is 1. The van der Waals surface area contributed by atoms with Gasteiger partial charge in [0.1, 0.15) is 0 Å². The zero-order chi connectivity index (χ0) is 12.5. The third-order valence-electron chi connectivity index (χ3n) is 2.30. The SMILES string of the molecule is COCCCN(C)C(=O)/C=C/c1ccccn1. The molecule has 1 rings (SSSR count). The van der Waals surface area contributed by atoms with Crippen LogP contribution < -0.4 is 0 Å². The highest BCUT2D eigenvalue weighted by Gasteiger charge is 2.03. The van der Waals surface area contributed by atoms with Gasteiger partial charge in [-0.3, -0.25) is 9.78 Å². The van der Waals surface area contributed by atoms with Crippen LogP contribution in [0.2, 0.25) is 0 Å². The van der Waals surface area contributed by atoms with Gasteiger partial charge in [-0.1, -0.05) is 6.07 Å². The van der Waals surface area contributed by atoms with Crippen molar-refractivity contribution in [1.29, 1.82) is 0 Å². The lowest BCUT2D eigenvalue weighted by Crippen LogP contribution is -2.26. The molecule has 0 fully saturated rings. The van der Waals surface area contributed by atoms with E-state index in [2.05, 4.69) is 4.98 Å². The third kappa shape index (κ3) is 5.26. The first kappa shape index (κ1) is 13.4. The molecule has 0 saturated heterocycles. The van der Waals surface area contributed by atoms with Gasteiger partial charge >= 0.3 is 0 Å². The molecule has 0 atom stereocenters. The number of nitrogens with zero attached hydrogens (tertiary/aromatic N) is 2. The standard InChI is InChI=1S/C13H18N2O2/c1-15(10-5-11-17-2)13(16)8-7-12-6-3-4-9-14-12/h3-4,6-9H,5,10-11H2,1-2H3/b8-7+. The zero-order valence-electron chi connectivity index (χ0n) is 10.3. The molecule has 1 heterocycles. The monoisotopic (exact) mass is 234 g/mol. The first-order valence-electron chi connectivity index (χ1n) is 5.57. The van der Waals surface area contributed by atoms with Gasteiger partial charge in [-0.2, -0.15) is 0 Å². The molecular formula is C13H18N2O2. The van der Waals surface area contributed by atoms with Crippen molar-refractivity contribution in [2.24, 2.45) is 0 Å². The molecule has 1 amide bonds. The predicted octanol–water partition coefficient (Wildman–Crippen LogP) is 1.59. The van der Waals surface area contributed by atoms with Gasteiger partial charge < -0.3 is 9.64 Å². The minimum absolute atomic E-state index is 0.0215. The van der Waals surface area contributed by atoms with Crippen LogP contribution in [0.25, 0.3) is 6.08 Å². The molecule has 0 aliphatic carbocycles. The number of ether oxygens (including phenoxy) is 1. The van der Waals surface area contributed by atoms with Crippen molar-refractivity contribution in [1.82, 2.24) is 9.88 Å². The molecule has 0 unspecified atom stereocenters. The Hall–Kier alpha value is -1.68. The van der Waals surface area contributed by atoms with E-state index in [9.17, 15) is 4.79 Å². The number of pyridine rings is 1. The number of methoxy groups -OCH3 is 1. The van der Waals surface area contributed by atoms with Crippen molar-refractivity contribution in [3.05, 3.63) is 36.2 Å². The van der Waals surface area contributed by atoms with E-state index in [4.69, 9.17) is 4.74 Å². The summed E-state index contributed by atoms with van der Waals surface area (Å²) < 4.78 is 4.94. The molecule has 0 aliphatic rings. The predicted molar refractivity (Wildman–Crippen MR) is 67.4 cm³/mol. The summed E-state index contributed by atoms with van der Waals surface area (Å²) in [5.74, 6) is -0.0215. The topological polar surface area (TPSA) is 42.4 Å². The van der Waals surface area contributed by atoms with Crippen LogP contribution in [0.4, 0.5) is 0 Å². The molecule has 4 nitrogen and oxygen atoms in total. The van der Waals surface area contributed by atoms with Gasteiger partial charge in [0.05, 0.1) is 5.69 Å². The van der Waals surface area contributed by atoms with Gasteiger partial charge in [0.15, 0.2) is 0 Å². The average Bonchev–Trinajstić information content (AvgIpc) is 2.37. The van der Waals surface area contributed by atoms with Crippen molar-refractivity contribution < 1.29 is 9.53 Å². The minimum Gasteiger partial charge on any atom is -0.385 e. The Morgan fingerprint density at radius 2 is 2.35 bits per heavy atom. The molecular weight excluding hydrogens is 216 g/mol. The number of hydrogen-bond donors (Lipinski definition) is 0. The van der Waals surface area contributed by atoms with Crippen molar-refractivity contribution in [2.45, 2.75) is 6.42 Å². The van der Waals surface area contributed by atoms with Crippen LogP contribution in [-0.2, 0) is 9.53 Å². The summed E-state index contributed by atoms with van der Waals surface area (Å²) in [6.45, 7) is 1.36. The molecule has 0 radical (unpaired) electrons. The van der Waals surface area contributed by atoms with E-state index in [0.717, 1.165) is 12.1 Å². The molecule has 0 aromatic carbocycles. The molecule has 0 N–H and O–H groups in total. The number of rotatable bonds is 6. The molecule has 0 aliphatic heterocycles. The van der Waals surface area contributed by atoms with Gasteiger partial charge in [0, 0.05) is 39.6 Å². The molecule has 0 spiro atoms. The Bertz CT molecular complexity index is 363. The summed E-state index contributed by atoms with van der Waals surface area (Å²) in [6.07, 6.45) is 5.80. The second kappa shape index (κ2) is 7.57. The first-order valence-corrected chi connectivity index (χ1v) is 5.57. The van der Waals surface area contributed by atoms with Gasteiger partial charge in [0.25, 0.3) is 0 Å². The number of aromatic nitrogens is 1. The van der Waals surface area contributed by atoms with E-state index >= 15 is 0 Å². The Balaban J connectivity index is 2.40. The van der Waals surface area contributed by atoms with Gasteiger partial charge in [0.2, 0.25) is 5.91 Å². The van der Waals surface area contributed by atoms with Crippen LogP contribution in [0, 0.1) is 0 Å². The summed E-state index contributed by atoms with van der Waals surface area (Å²) in [6, 6.07) is 5.59. The Morgan fingerprint density at radius 3 is 3.00 bits per heavy atom. The van der Waals surface area contributed by atoms with Crippen LogP contribution in [0.15, 0.2) is 30.5 Å². The summed E-state index contributed by atoms with van der Waals surface area (Å²) in [5, 5.41) is 0. The molecule has 4 heteroatoms. The quantitative estimate of drug-likeness (QED) is 0.554. The Labute approximate surface area is 102 Å². The lowest BCUT2D eigenvalue weighted by atomic mass is 10.3. The van der Waals surface area contributed by atoms with Gasteiger partial charge in [-0.15, -0.1) is 0 Å². The highest BCUT2D eigenvalue weighted by molar-refractivity contribution is 5.91. The summed E-state index contributed by atoms with van der Waals surface area (Å²) in [7, 11) is 3.43. The van der Waals surface area contributed by atoms with E-state index in [1.54, 1.807) is 31.3 Å². The highest BCUT2D eigenvalue weighted by Crippen LogP contribution is 1.98. The molecule has 92 valence electrons. The van der Waals surface area contributed by atoms with Crippen LogP contribution in [-0.4, -0.2) is 43.1 Å². The van der Waals surface area contributed by atoms with Gasteiger partial charge in [-0.05, 0) is 24.6 Å². The lowest BCUT2D eigenvalue weighted by molar-refractivity contribution is -0.124. The number of likely N-dealkylation sites (N-methyl/N-ethyl adjacent to an activating group) is 1. The molecule has 17 heavy (non-hydrogen) atoms. The maximum atomic E-state index is 11.7. The zero-order valence-corrected chi connectivity index (χ0v) is 10.3. The van der Waals surface area contributed by atoms with Gasteiger partial charge in [-0.25, -0.2) is 0 Å². The molecule has 1 aromatic heterocycles. The van der Waals surface area contributed by atoms with Crippen LogP contribution in [0.5, 0.6) is 0 Å². The maximum absolute atomic E-state index is 11.7. The molecule has 0 bridgehead atoms. The number of hydrogen-bond acceptors (Lipinski definition) is 3. The number of carbonyl (C=O) groups excluding carboxylic acids is 1. The van der Waals surface area contributed by atoms with E-state index in [0.29, 0.717) is 13.2 Å². The fourth-order valence-corrected chi connectivity index (χ4v) is 1.31. The maximum Gasteiger partial charge on any atom is 0.246 e. The van der Waals surface area contributed by atoms with Crippen molar-refractivity contribution in [3.8, 4) is 0 Å². The summed E-state index contributed by atoms with van der Waals surface area (Å²) in [4.78, 5) is 17.5. The van der Waals surface area contributed by atoms with Crippen LogP contribution in [0.3, 0.4) is 0 Å². The summed E-state index contributed by atoms with van der Waals surface area (Å²) in [5.41, 5.74) is 0.783. The lowest BCUT2D eigenvalue weighted by Gasteiger charge is -2.14. The van der Waals surface area contributed by atoms with E-state index in [-0.39, 0.29) is 5.91 Å². The largest absolute Gasteiger partial charge is 0.385 e. The fraction of sp³-hybridized carbons (Fsp3) is 0.385. The smallest absolute Gasteiger partial charge is 0.246 e. The van der Waals surface area contributed by atoms with E-state index < -0.39 is 0 Å². The first-order chi connectivity index (χ1) is 8.24.